The zero-order valence-electron chi connectivity index (χ0n) is 12.0. The predicted molar refractivity (Wildman–Crippen MR) is 85.5 cm³/mol. The Morgan fingerprint density at radius 2 is 2.20 bits per heavy atom. The molecule has 1 aliphatic rings. The standard InChI is InChI=1S/C16H23BrN2O/c1-12(14-5-7-15(17)8-6-14)19-16(20)9-4-13-3-2-10-18-11-13/h5-8,12-13,18H,2-4,9-11H2,1H3,(H,19,20)/t12-,13?/m1/s1. The van der Waals surface area contributed by atoms with E-state index in [0.29, 0.717) is 12.3 Å². The van der Waals surface area contributed by atoms with E-state index in [4.69, 9.17) is 0 Å². The van der Waals surface area contributed by atoms with Crippen LogP contribution in [0.3, 0.4) is 0 Å². The number of rotatable bonds is 5. The average molecular weight is 339 g/mol. The van der Waals surface area contributed by atoms with Crippen molar-refractivity contribution in [3.05, 3.63) is 34.3 Å². The molecule has 0 aromatic heterocycles. The summed E-state index contributed by atoms with van der Waals surface area (Å²) >= 11 is 3.42. The van der Waals surface area contributed by atoms with Gasteiger partial charge in [-0.05, 0) is 62.9 Å². The van der Waals surface area contributed by atoms with Crippen LogP contribution in [0, 0.1) is 5.92 Å². The molecule has 3 nitrogen and oxygen atoms in total. The zero-order chi connectivity index (χ0) is 14.4. The molecule has 0 saturated carbocycles. The highest BCUT2D eigenvalue weighted by atomic mass is 79.9. The van der Waals surface area contributed by atoms with E-state index in [2.05, 4.69) is 26.6 Å². The second-order valence-electron chi connectivity index (χ2n) is 5.59. The van der Waals surface area contributed by atoms with Crippen LogP contribution < -0.4 is 10.6 Å². The van der Waals surface area contributed by atoms with E-state index < -0.39 is 0 Å². The number of piperidine rings is 1. The van der Waals surface area contributed by atoms with E-state index in [1.54, 1.807) is 0 Å². The molecular formula is C16H23BrN2O. The highest BCUT2D eigenvalue weighted by molar-refractivity contribution is 9.10. The Morgan fingerprint density at radius 1 is 1.45 bits per heavy atom. The Hall–Kier alpha value is -0.870. The second kappa shape index (κ2) is 7.79. The van der Waals surface area contributed by atoms with Crippen LogP contribution >= 0.6 is 15.9 Å². The van der Waals surface area contributed by atoms with Crippen LogP contribution in [-0.4, -0.2) is 19.0 Å². The Balaban J connectivity index is 1.74. The monoisotopic (exact) mass is 338 g/mol. The molecule has 1 aliphatic heterocycles. The molecule has 1 unspecified atom stereocenters. The topological polar surface area (TPSA) is 41.1 Å². The van der Waals surface area contributed by atoms with Crippen LogP contribution in [0.15, 0.2) is 28.7 Å². The van der Waals surface area contributed by atoms with Crippen LogP contribution in [0.1, 0.15) is 44.2 Å². The SMILES string of the molecule is C[C@@H](NC(=O)CCC1CCCNC1)c1ccc(Br)cc1. The quantitative estimate of drug-likeness (QED) is 0.863. The predicted octanol–water partition coefficient (Wildman–Crippen LogP) is 3.41. The van der Waals surface area contributed by atoms with Gasteiger partial charge in [-0.3, -0.25) is 4.79 Å². The summed E-state index contributed by atoms with van der Waals surface area (Å²) in [4.78, 5) is 12.0. The lowest BCUT2D eigenvalue weighted by Gasteiger charge is -2.22. The molecule has 2 rings (SSSR count). The van der Waals surface area contributed by atoms with Crippen LogP contribution in [0.4, 0.5) is 0 Å². The van der Waals surface area contributed by atoms with Gasteiger partial charge in [-0.15, -0.1) is 0 Å². The van der Waals surface area contributed by atoms with Crippen molar-refractivity contribution in [2.75, 3.05) is 13.1 Å². The number of hydrogen-bond donors (Lipinski definition) is 2. The molecule has 2 atom stereocenters. The van der Waals surface area contributed by atoms with E-state index in [1.807, 2.05) is 31.2 Å². The Bertz CT molecular complexity index is 427. The first-order valence-electron chi connectivity index (χ1n) is 7.40. The highest BCUT2D eigenvalue weighted by Crippen LogP contribution is 2.18. The summed E-state index contributed by atoms with van der Waals surface area (Å²) in [6.07, 6.45) is 4.11. The summed E-state index contributed by atoms with van der Waals surface area (Å²) in [5, 5.41) is 6.47. The van der Waals surface area contributed by atoms with Gasteiger partial charge in [0, 0.05) is 10.9 Å². The number of amides is 1. The third-order valence-corrected chi connectivity index (χ3v) is 4.45. The lowest BCUT2D eigenvalue weighted by molar-refractivity contribution is -0.122. The zero-order valence-corrected chi connectivity index (χ0v) is 13.6. The average Bonchev–Trinajstić information content (AvgIpc) is 2.47. The van der Waals surface area contributed by atoms with Crippen LogP contribution in [-0.2, 0) is 4.79 Å². The fraction of sp³-hybridized carbons (Fsp3) is 0.562. The van der Waals surface area contributed by atoms with E-state index in [-0.39, 0.29) is 11.9 Å². The van der Waals surface area contributed by atoms with Crippen molar-refractivity contribution in [3.8, 4) is 0 Å². The summed E-state index contributed by atoms with van der Waals surface area (Å²) in [5.74, 6) is 0.823. The molecule has 0 spiro atoms. The number of halogens is 1. The van der Waals surface area contributed by atoms with Gasteiger partial charge in [0.25, 0.3) is 0 Å². The smallest absolute Gasteiger partial charge is 0.220 e. The molecule has 1 aromatic rings. The van der Waals surface area contributed by atoms with Crippen LogP contribution in [0.5, 0.6) is 0 Å². The first-order valence-corrected chi connectivity index (χ1v) is 8.20. The number of carbonyl (C=O) groups is 1. The van der Waals surface area contributed by atoms with Gasteiger partial charge in [-0.2, -0.15) is 0 Å². The van der Waals surface area contributed by atoms with E-state index in [9.17, 15) is 4.79 Å². The molecule has 1 heterocycles. The van der Waals surface area contributed by atoms with Crippen molar-refractivity contribution in [1.82, 2.24) is 10.6 Å². The summed E-state index contributed by atoms with van der Waals surface area (Å²) < 4.78 is 1.06. The molecule has 1 saturated heterocycles. The molecular weight excluding hydrogens is 316 g/mol. The lowest BCUT2D eigenvalue weighted by Crippen LogP contribution is -2.31. The molecule has 20 heavy (non-hydrogen) atoms. The molecule has 1 amide bonds. The van der Waals surface area contributed by atoms with Gasteiger partial charge in [0.2, 0.25) is 5.91 Å². The number of carbonyl (C=O) groups excluding carboxylic acids is 1. The van der Waals surface area contributed by atoms with Gasteiger partial charge in [-0.25, -0.2) is 0 Å². The Labute approximate surface area is 129 Å². The molecule has 110 valence electrons. The molecule has 1 fully saturated rings. The fourth-order valence-corrected chi connectivity index (χ4v) is 2.92. The first kappa shape index (κ1) is 15.5. The Morgan fingerprint density at radius 3 is 2.85 bits per heavy atom. The van der Waals surface area contributed by atoms with E-state index in [1.165, 1.54) is 12.8 Å². The highest BCUT2D eigenvalue weighted by Gasteiger charge is 2.15. The minimum absolute atomic E-state index is 0.0695. The van der Waals surface area contributed by atoms with Crippen molar-refractivity contribution < 1.29 is 4.79 Å². The minimum Gasteiger partial charge on any atom is -0.350 e. The van der Waals surface area contributed by atoms with Crippen molar-refractivity contribution in [3.63, 3.8) is 0 Å². The van der Waals surface area contributed by atoms with Gasteiger partial charge in [0.15, 0.2) is 0 Å². The summed E-state index contributed by atoms with van der Waals surface area (Å²) in [6, 6.07) is 8.16. The maximum Gasteiger partial charge on any atom is 0.220 e. The van der Waals surface area contributed by atoms with Gasteiger partial charge in [-0.1, -0.05) is 28.1 Å². The van der Waals surface area contributed by atoms with Crippen molar-refractivity contribution in [2.24, 2.45) is 5.92 Å². The fourth-order valence-electron chi connectivity index (χ4n) is 2.65. The molecule has 0 aliphatic carbocycles. The summed E-state index contributed by atoms with van der Waals surface area (Å²) in [6.45, 7) is 4.22. The van der Waals surface area contributed by atoms with Crippen LogP contribution in [0.2, 0.25) is 0 Å². The molecule has 4 heteroatoms. The molecule has 0 radical (unpaired) electrons. The molecule has 0 bridgehead atoms. The largest absolute Gasteiger partial charge is 0.350 e. The van der Waals surface area contributed by atoms with Gasteiger partial charge >= 0.3 is 0 Å². The number of benzene rings is 1. The van der Waals surface area contributed by atoms with Gasteiger partial charge in [0.1, 0.15) is 0 Å². The molecule has 1 aromatic carbocycles. The first-order chi connectivity index (χ1) is 9.65. The van der Waals surface area contributed by atoms with Gasteiger partial charge < -0.3 is 10.6 Å². The maximum atomic E-state index is 12.0. The van der Waals surface area contributed by atoms with E-state index in [0.717, 1.165) is 29.5 Å². The summed E-state index contributed by atoms with van der Waals surface area (Å²) in [7, 11) is 0. The van der Waals surface area contributed by atoms with Crippen molar-refractivity contribution >= 4 is 21.8 Å². The number of hydrogen-bond acceptors (Lipinski definition) is 2. The van der Waals surface area contributed by atoms with Crippen molar-refractivity contribution in [1.29, 1.82) is 0 Å². The third kappa shape index (κ3) is 4.91. The van der Waals surface area contributed by atoms with Gasteiger partial charge in [0.05, 0.1) is 6.04 Å². The van der Waals surface area contributed by atoms with Crippen molar-refractivity contribution in [2.45, 2.75) is 38.6 Å². The third-order valence-electron chi connectivity index (χ3n) is 3.93. The van der Waals surface area contributed by atoms with E-state index >= 15 is 0 Å². The second-order valence-corrected chi connectivity index (χ2v) is 6.51. The summed E-state index contributed by atoms with van der Waals surface area (Å²) in [5.41, 5.74) is 1.14. The van der Waals surface area contributed by atoms with Crippen LogP contribution in [0.25, 0.3) is 0 Å². The molecule has 2 N–H and O–H groups in total. The normalized spacial score (nSPS) is 20.4. The number of nitrogens with one attached hydrogen (secondary N) is 2. The maximum absolute atomic E-state index is 12.0. The lowest BCUT2D eigenvalue weighted by atomic mass is 9.94. The Kier molecular flexibility index (Phi) is 6.05. The minimum atomic E-state index is 0.0695.